The van der Waals surface area contributed by atoms with Crippen molar-refractivity contribution in [3.05, 3.63) is 88.7 Å². The molecule has 0 aliphatic rings. The number of halogens is 1. The summed E-state index contributed by atoms with van der Waals surface area (Å²) in [7, 11) is 3.21. The first-order valence-electron chi connectivity index (χ1n) is 11.2. The number of carbonyl (C=O) groups is 1. The number of anilines is 1. The molecule has 0 radical (unpaired) electrons. The Morgan fingerprint density at radius 3 is 2.57 bits per heavy atom. The first kappa shape index (κ1) is 26.2. The molecule has 1 amide bonds. The number of nitrogens with one attached hydrogen (secondary N) is 2. The van der Waals surface area contributed by atoms with Crippen LogP contribution in [0.2, 0.25) is 0 Å². The van der Waals surface area contributed by atoms with E-state index in [-0.39, 0.29) is 11.7 Å². The van der Waals surface area contributed by atoms with Gasteiger partial charge in [-0.1, -0.05) is 58.0 Å². The summed E-state index contributed by atoms with van der Waals surface area (Å²) in [6, 6.07) is 23.0. The van der Waals surface area contributed by atoms with Crippen LogP contribution < -0.4 is 20.2 Å². The highest BCUT2D eigenvalue weighted by atomic mass is 79.9. The van der Waals surface area contributed by atoms with Gasteiger partial charge in [0.2, 0.25) is 0 Å². The van der Waals surface area contributed by atoms with Crippen LogP contribution >= 0.6 is 27.7 Å². The van der Waals surface area contributed by atoms with E-state index in [1.54, 1.807) is 20.4 Å². The normalized spacial score (nSPS) is 10.9. The van der Waals surface area contributed by atoms with Crippen molar-refractivity contribution in [3.8, 4) is 17.2 Å². The van der Waals surface area contributed by atoms with Crippen LogP contribution in [0.15, 0.2) is 87.5 Å². The molecule has 0 unspecified atom stereocenters. The van der Waals surface area contributed by atoms with Crippen molar-refractivity contribution < 1.29 is 14.3 Å². The second-order valence-electron chi connectivity index (χ2n) is 7.59. The van der Waals surface area contributed by atoms with Crippen LogP contribution in [0.25, 0.3) is 5.69 Å². The van der Waals surface area contributed by atoms with E-state index in [1.165, 1.54) is 11.8 Å². The van der Waals surface area contributed by atoms with Gasteiger partial charge >= 0.3 is 0 Å². The summed E-state index contributed by atoms with van der Waals surface area (Å²) < 4.78 is 13.6. The van der Waals surface area contributed by atoms with Gasteiger partial charge in [0, 0.05) is 15.7 Å². The highest BCUT2D eigenvalue weighted by Crippen LogP contribution is 2.26. The Labute approximate surface area is 227 Å². The molecule has 1 heterocycles. The topological polar surface area (TPSA) is 103 Å². The number of hydrazone groups is 1. The molecule has 2 N–H and O–H groups in total. The highest BCUT2D eigenvalue weighted by Gasteiger charge is 2.16. The number of amides is 1. The second-order valence-corrected chi connectivity index (χ2v) is 9.45. The first-order valence-corrected chi connectivity index (χ1v) is 13.0. The van der Waals surface area contributed by atoms with Crippen LogP contribution in [-0.4, -0.2) is 46.9 Å². The van der Waals surface area contributed by atoms with Gasteiger partial charge in [0.25, 0.3) is 5.91 Å². The zero-order valence-corrected chi connectivity index (χ0v) is 22.6. The van der Waals surface area contributed by atoms with Gasteiger partial charge in [-0.25, -0.2) is 5.43 Å². The molecule has 37 heavy (non-hydrogen) atoms. The number of carbonyl (C=O) groups excluding carboxylic acids is 1. The molecule has 11 heteroatoms. The number of ether oxygens (including phenoxy) is 2. The van der Waals surface area contributed by atoms with Gasteiger partial charge in [0.1, 0.15) is 11.5 Å². The Kier molecular flexibility index (Phi) is 9.17. The molecule has 0 spiro atoms. The molecule has 0 saturated heterocycles. The molecular formula is C26H25BrN6O3S. The lowest BCUT2D eigenvalue weighted by atomic mass is 10.2. The number of nitrogens with zero attached hydrogens (tertiary/aromatic N) is 4. The van der Waals surface area contributed by atoms with Crippen LogP contribution in [0.1, 0.15) is 11.4 Å². The van der Waals surface area contributed by atoms with Crippen molar-refractivity contribution in [2.24, 2.45) is 5.10 Å². The number of benzene rings is 3. The molecule has 3 aromatic carbocycles. The fourth-order valence-electron chi connectivity index (χ4n) is 3.45. The Morgan fingerprint density at radius 2 is 1.78 bits per heavy atom. The molecule has 0 atom stereocenters. The lowest BCUT2D eigenvalue weighted by Crippen LogP contribution is -2.20. The minimum atomic E-state index is -0.272. The van der Waals surface area contributed by atoms with Crippen molar-refractivity contribution in [1.29, 1.82) is 0 Å². The first-order chi connectivity index (χ1) is 18.1. The molecule has 0 fully saturated rings. The summed E-state index contributed by atoms with van der Waals surface area (Å²) >= 11 is 4.70. The third-order valence-electron chi connectivity index (χ3n) is 5.18. The van der Waals surface area contributed by atoms with E-state index in [4.69, 9.17) is 9.47 Å². The average molecular weight is 581 g/mol. The minimum absolute atomic E-state index is 0.109. The molecule has 9 nitrogen and oxygen atoms in total. The van der Waals surface area contributed by atoms with Gasteiger partial charge in [-0.15, -0.1) is 10.2 Å². The monoisotopic (exact) mass is 580 g/mol. The third-order valence-corrected chi connectivity index (χ3v) is 6.60. The van der Waals surface area contributed by atoms with Crippen molar-refractivity contribution in [2.45, 2.75) is 11.7 Å². The van der Waals surface area contributed by atoms with E-state index in [2.05, 4.69) is 42.0 Å². The summed E-state index contributed by atoms with van der Waals surface area (Å²) in [6.45, 7) is 0.411. The van der Waals surface area contributed by atoms with E-state index in [0.717, 1.165) is 27.2 Å². The molecule has 0 bridgehead atoms. The summed E-state index contributed by atoms with van der Waals surface area (Å²) in [5, 5.41) is 16.7. The van der Waals surface area contributed by atoms with E-state index in [9.17, 15) is 4.79 Å². The van der Waals surface area contributed by atoms with Gasteiger partial charge in [0.15, 0.2) is 11.0 Å². The van der Waals surface area contributed by atoms with Gasteiger partial charge in [-0.2, -0.15) is 5.10 Å². The van der Waals surface area contributed by atoms with Gasteiger partial charge in [-0.3, -0.25) is 9.36 Å². The largest absolute Gasteiger partial charge is 0.496 e. The van der Waals surface area contributed by atoms with Crippen LogP contribution in [0.4, 0.5) is 5.69 Å². The van der Waals surface area contributed by atoms with Gasteiger partial charge in [0.05, 0.1) is 38.4 Å². The lowest BCUT2D eigenvalue weighted by molar-refractivity contribution is -0.118. The minimum Gasteiger partial charge on any atom is -0.496 e. The summed E-state index contributed by atoms with van der Waals surface area (Å²) in [5.74, 6) is 1.92. The number of methoxy groups -OCH3 is 2. The number of hydrogen-bond acceptors (Lipinski definition) is 8. The lowest BCUT2D eigenvalue weighted by Gasteiger charge is -2.13. The standard InChI is InChI=1S/C26H25BrN6O3S/c1-35-22-13-12-19(27)14-18(22)15-29-31-25(34)17-37-26-32-30-24(33(26)20-8-4-3-5-9-20)16-28-21-10-6-7-11-23(21)36-2/h3-15,28H,16-17H2,1-2H3,(H,31,34)/b29-15+. The molecule has 4 aromatic rings. The number of rotatable bonds is 11. The smallest absolute Gasteiger partial charge is 0.250 e. The van der Waals surface area contributed by atoms with Gasteiger partial charge in [-0.05, 0) is 42.5 Å². The predicted octanol–water partition coefficient (Wildman–Crippen LogP) is 4.90. The molecule has 0 aliphatic carbocycles. The summed E-state index contributed by atoms with van der Waals surface area (Å²) in [6.07, 6.45) is 1.54. The van der Waals surface area contributed by atoms with Crippen molar-refractivity contribution >= 4 is 45.5 Å². The number of para-hydroxylation sites is 3. The van der Waals surface area contributed by atoms with Crippen molar-refractivity contribution in [2.75, 3.05) is 25.3 Å². The Balaban J connectivity index is 1.44. The zero-order valence-electron chi connectivity index (χ0n) is 20.2. The fourth-order valence-corrected chi connectivity index (χ4v) is 4.59. The third kappa shape index (κ3) is 6.89. The van der Waals surface area contributed by atoms with Gasteiger partial charge < -0.3 is 14.8 Å². The Hall–Kier alpha value is -3.83. The van der Waals surface area contributed by atoms with Crippen LogP contribution in [0.3, 0.4) is 0 Å². The maximum Gasteiger partial charge on any atom is 0.250 e. The Morgan fingerprint density at radius 1 is 1.03 bits per heavy atom. The molecule has 190 valence electrons. The highest BCUT2D eigenvalue weighted by molar-refractivity contribution is 9.10. The van der Waals surface area contributed by atoms with Crippen LogP contribution in [0, 0.1) is 0 Å². The number of hydrogen-bond donors (Lipinski definition) is 2. The van der Waals surface area contributed by atoms with E-state index in [1.807, 2.05) is 77.4 Å². The maximum absolute atomic E-state index is 12.5. The maximum atomic E-state index is 12.5. The second kappa shape index (κ2) is 12.9. The van der Waals surface area contributed by atoms with Crippen LogP contribution in [0.5, 0.6) is 11.5 Å². The number of thioether (sulfide) groups is 1. The Bertz CT molecular complexity index is 1380. The molecule has 4 rings (SSSR count). The fraction of sp³-hybridized carbons (Fsp3) is 0.154. The SMILES string of the molecule is COc1ccc(Br)cc1/C=N/NC(=O)CSc1nnc(CNc2ccccc2OC)n1-c1ccccc1. The molecule has 1 aromatic heterocycles. The van der Waals surface area contributed by atoms with Crippen molar-refractivity contribution in [1.82, 2.24) is 20.2 Å². The average Bonchev–Trinajstić information content (AvgIpc) is 3.34. The van der Waals surface area contributed by atoms with E-state index >= 15 is 0 Å². The van der Waals surface area contributed by atoms with Crippen LogP contribution in [-0.2, 0) is 11.3 Å². The van der Waals surface area contributed by atoms with Crippen molar-refractivity contribution in [3.63, 3.8) is 0 Å². The van der Waals surface area contributed by atoms with E-state index < -0.39 is 0 Å². The molecule has 0 aliphatic heterocycles. The molecule has 0 saturated carbocycles. The predicted molar refractivity (Wildman–Crippen MR) is 149 cm³/mol. The molecular weight excluding hydrogens is 556 g/mol. The van der Waals surface area contributed by atoms with E-state index in [0.29, 0.717) is 23.3 Å². The zero-order chi connectivity index (χ0) is 26.0. The quantitative estimate of drug-likeness (QED) is 0.148. The number of aromatic nitrogens is 3. The summed E-state index contributed by atoms with van der Waals surface area (Å²) in [5.41, 5.74) is 5.03. The summed E-state index contributed by atoms with van der Waals surface area (Å²) in [4.78, 5) is 12.5.